The molecule has 1 aromatic carbocycles. The number of nitrogens with zero attached hydrogens (tertiary/aromatic N) is 1. The third-order valence-corrected chi connectivity index (χ3v) is 5.65. The Kier molecular flexibility index (Phi) is 3.87. The topological polar surface area (TPSA) is 82.3 Å². The van der Waals surface area contributed by atoms with Gasteiger partial charge in [0.25, 0.3) is 10.0 Å². The van der Waals surface area contributed by atoms with Gasteiger partial charge in [-0.3, -0.25) is 9.52 Å². The van der Waals surface area contributed by atoms with Gasteiger partial charge in [0.15, 0.2) is 4.21 Å². The van der Waals surface area contributed by atoms with Crippen molar-refractivity contribution in [1.29, 1.82) is 0 Å². The number of sulfonamides is 1. The molecule has 108 valence electrons. The highest BCUT2D eigenvalue weighted by atomic mass is 32.2. The first-order chi connectivity index (χ1) is 9.29. The summed E-state index contributed by atoms with van der Waals surface area (Å²) in [7, 11) is 0.0725. The number of H-pyrrole nitrogens is 1. The van der Waals surface area contributed by atoms with Crippen molar-refractivity contribution in [3.8, 4) is 0 Å². The van der Waals surface area contributed by atoms with Crippen LogP contribution in [0.4, 0.5) is 11.4 Å². The molecule has 0 saturated carbocycles. The van der Waals surface area contributed by atoms with Gasteiger partial charge in [-0.1, -0.05) is 11.3 Å². The van der Waals surface area contributed by atoms with Crippen molar-refractivity contribution in [1.82, 2.24) is 4.98 Å². The molecular formula is C12H15N3O3S2. The Morgan fingerprint density at radius 1 is 1.20 bits per heavy atom. The molecular weight excluding hydrogens is 298 g/mol. The fourth-order valence-corrected chi connectivity index (χ4v) is 4.04. The summed E-state index contributed by atoms with van der Waals surface area (Å²) in [6.45, 7) is 1.56. The van der Waals surface area contributed by atoms with Crippen molar-refractivity contribution in [2.75, 3.05) is 23.7 Å². The smallest absolute Gasteiger partial charge is 0.306 e. The number of anilines is 2. The third-order valence-electron chi connectivity index (χ3n) is 2.66. The lowest BCUT2D eigenvalue weighted by atomic mass is 10.3. The summed E-state index contributed by atoms with van der Waals surface area (Å²) in [4.78, 5) is 15.2. The highest BCUT2D eigenvalue weighted by Gasteiger charge is 2.20. The normalized spacial score (nSPS) is 11.3. The fourth-order valence-electron chi connectivity index (χ4n) is 1.68. The van der Waals surface area contributed by atoms with Gasteiger partial charge in [0, 0.05) is 31.2 Å². The number of thiazole rings is 1. The molecule has 6 nitrogen and oxygen atoms in total. The number of hydrogen-bond donors (Lipinski definition) is 2. The van der Waals surface area contributed by atoms with Crippen molar-refractivity contribution < 1.29 is 8.42 Å². The molecule has 0 amide bonds. The van der Waals surface area contributed by atoms with Crippen molar-refractivity contribution in [3.63, 3.8) is 0 Å². The van der Waals surface area contributed by atoms with Gasteiger partial charge < -0.3 is 9.88 Å². The first-order valence-electron chi connectivity index (χ1n) is 5.79. The van der Waals surface area contributed by atoms with E-state index in [2.05, 4.69) is 9.71 Å². The minimum Gasteiger partial charge on any atom is -0.378 e. The monoisotopic (exact) mass is 313 g/mol. The molecule has 2 rings (SSSR count). The predicted octanol–water partition coefficient (Wildman–Crippen LogP) is 1.61. The Balaban J connectivity index is 2.29. The maximum atomic E-state index is 12.2. The highest BCUT2D eigenvalue weighted by molar-refractivity contribution is 7.94. The van der Waals surface area contributed by atoms with E-state index in [1.807, 2.05) is 31.1 Å². The minimum absolute atomic E-state index is 0.0131. The van der Waals surface area contributed by atoms with Gasteiger partial charge in [-0.2, -0.15) is 0 Å². The van der Waals surface area contributed by atoms with Crippen molar-refractivity contribution in [2.45, 2.75) is 11.1 Å². The number of aryl methyl sites for hydroxylation is 1. The second-order valence-corrected chi connectivity index (χ2v) is 7.33. The molecule has 0 aliphatic rings. The van der Waals surface area contributed by atoms with Crippen LogP contribution in [0.15, 0.2) is 33.3 Å². The molecule has 0 bridgehead atoms. The van der Waals surface area contributed by atoms with Gasteiger partial charge in [-0.25, -0.2) is 8.42 Å². The average Bonchev–Trinajstić information content (AvgIpc) is 2.69. The van der Waals surface area contributed by atoms with Crippen LogP contribution in [0.3, 0.4) is 0 Å². The van der Waals surface area contributed by atoms with E-state index in [-0.39, 0.29) is 9.08 Å². The maximum absolute atomic E-state index is 12.2. The van der Waals surface area contributed by atoms with E-state index in [0.29, 0.717) is 22.7 Å². The molecule has 0 saturated heterocycles. The minimum atomic E-state index is -3.73. The molecule has 0 radical (unpaired) electrons. The zero-order chi connectivity index (χ0) is 14.9. The van der Waals surface area contributed by atoms with E-state index in [4.69, 9.17) is 0 Å². The van der Waals surface area contributed by atoms with Crippen LogP contribution < -0.4 is 14.5 Å². The Bertz CT molecular complexity index is 758. The Labute approximate surface area is 121 Å². The fraction of sp³-hybridized carbons (Fsp3) is 0.250. The van der Waals surface area contributed by atoms with Gasteiger partial charge in [0.05, 0.1) is 0 Å². The Morgan fingerprint density at radius 2 is 1.80 bits per heavy atom. The number of aromatic nitrogens is 1. The van der Waals surface area contributed by atoms with Gasteiger partial charge in [-0.05, 0) is 31.2 Å². The number of hydrogen-bond acceptors (Lipinski definition) is 5. The zero-order valence-corrected chi connectivity index (χ0v) is 12.9. The van der Waals surface area contributed by atoms with E-state index < -0.39 is 10.0 Å². The first-order valence-corrected chi connectivity index (χ1v) is 8.09. The van der Waals surface area contributed by atoms with Crippen LogP contribution in [0.25, 0.3) is 0 Å². The third kappa shape index (κ3) is 3.02. The zero-order valence-electron chi connectivity index (χ0n) is 11.3. The van der Waals surface area contributed by atoms with Crippen LogP contribution in [0.5, 0.6) is 0 Å². The summed E-state index contributed by atoms with van der Waals surface area (Å²) in [6.07, 6.45) is 0. The molecule has 2 aromatic rings. The molecule has 20 heavy (non-hydrogen) atoms. The van der Waals surface area contributed by atoms with Crippen LogP contribution >= 0.6 is 11.3 Å². The molecule has 0 aliphatic heterocycles. The predicted molar refractivity (Wildman–Crippen MR) is 81.3 cm³/mol. The van der Waals surface area contributed by atoms with Crippen LogP contribution in [-0.4, -0.2) is 27.5 Å². The molecule has 0 spiro atoms. The summed E-state index contributed by atoms with van der Waals surface area (Å²) in [6, 6.07) is 6.98. The van der Waals surface area contributed by atoms with Crippen molar-refractivity contribution >= 4 is 32.7 Å². The molecule has 8 heteroatoms. The summed E-state index contributed by atoms with van der Waals surface area (Å²) in [5.74, 6) is 0. The summed E-state index contributed by atoms with van der Waals surface area (Å²) in [5.41, 5.74) is 1.77. The van der Waals surface area contributed by atoms with E-state index in [9.17, 15) is 13.2 Å². The SMILES string of the molecule is Cc1[nH]c(=O)sc1S(=O)(=O)Nc1ccc(N(C)C)cc1. The number of rotatable bonds is 4. The molecule has 2 N–H and O–H groups in total. The lowest BCUT2D eigenvalue weighted by Crippen LogP contribution is -2.13. The highest BCUT2D eigenvalue weighted by Crippen LogP contribution is 2.22. The van der Waals surface area contributed by atoms with Crippen molar-refractivity contribution in [3.05, 3.63) is 39.6 Å². The van der Waals surface area contributed by atoms with Crippen LogP contribution in [0.1, 0.15) is 5.69 Å². The second kappa shape index (κ2) is 5.29. The first kappa shape index (κ1) is 14.6. The molecule has 0 aliphatic carbocycles. The quantitative estimate of drug-likeness (QED) is 0.898. The maximum Gasteiger partial charge on any atom is 0.306 e. The van der Waals surface area contributed by atoms with Crippen LogP contribution in [0, 0.1) is 6.92 Å². The molecule has 0 fully saturated rings. The molecule has 0 unspecified atom stereocenters. The standard InChI is InChI=1S/C12H15N3O3S2/c1-8-11(19-12(16)13-8)20(17,18)14-9-4-6-10(7-5-9)15(2)3/h4-7,14H,1-3H3,(H,13,16). The lowest BCUT2D eigenvalue weighted by Gasteiger charge is -2.13. The molecule has 1 aromatic heterocycles. The van der Waals surface area contributed by atoms with Crippen LogP contribution in [0.2, 0.25) is 0 Å². The largest absolute Gasteiger partial charge is 0.378 e. The Hall–Kier alpha value is -1.80. The number of nitrogens with one attached hydrogen (secondary N) is 2. The summed E-state index contributed by atoms with van der Waals surface area (Å²) >= 11 is 0.679. The average molecular weight is 313 g/mol. The summed E-state index contributed by atoms with van der Waals surface area (Å²) in [5, 5.41) is 0. The molecule has 0 atom stereocenters. The van der Waals surface area contributed by atoms with Crippen LogP contribution in [-0.2, 0) is 10.0 Å². The van der Waals surface area contributed by atoms with E-state index in [1.54, 1.807) is 19.1 Å². The van der Waals surface area contributed by atoms with Crippen molar-refractivity contribution in [2.24, 2.45) is 0 Å². The van der Waals surface area contributed by atoms with Gasteiger partial charge >= 0.3 is 4.87 Å². The van der Waals surface area contributed by atoms with Gasteiger partial charge in [0.1, 0.15) is 0 Å². The van der Waals surface area contributed by atoms with E-state index in [0.717, 1.165) is 5.69 Å². The summed E-state index contributed by atoms with van der Waals surface area (Å²) < 4.78 is 26.8. The number of aromatic amines is 1. The van der Waals surface area contributed by atoms with E-state index >= 15 is 0 Å². The van der Waals surface area contributed by atoms with Gasteiger partial charge in [0.2, 0.25) is 0 Å². The second-order valence-electron chi connectivity index (χ2n) is 4.47. The van der Waals surface area contributed by atoms with E-state index in [1.165, 1.54) is 0 Å². The lowest BCUT2D eigenvalue weighted by molar-refractivity contribution is 0.602. The number of benzene rings is 1. The Morgan fingerprint density at radius 3 is 2.25 bits per heavy atom. The van der Waals surface area contributed by atoms with Gasteiger partial charge in [-0.15, -0.1) is 0 Å². The molecule has 1 heterocycles.